The van der Waals surface area contributed by atoms with Crippen molar-refractivity contribution in [1.29, 1.82) is 0 Å². The van der Waals surface area contributed by atoms with Gasteiger partial charge in [-0.15, -0.1) is 0 Å². The van der Waals surface area contributed by atoms with E-state index in [0.29, 0.717) is 0 Å². The SMILES string of the molecule is OC1CCCC(Nn2cnc3cncnc32)C1. The van der Waals surface area contributed by atoms with Gasteiger partial charge in [0.15, 0.2) is 5.65 Å². The van der Waals surface area contributed by atoms with Crippen molar-refractivity contribution in [3.05, 3.63) is 18.9 Å². The maximum atomic E-state index is 9.63. The molecule has 0 aromatic carbocycles. The van der Waals surface area contributed by atoms with Crippen molar-refractivity contribution >= 4 is 11.2 Å². The van der Waals surface area contributed by atoms with Crippen molar-refractivity contribution in [3.8, 4) is 0 Å². The van der Waals surface area contributed by atoms with Crippen LogP contribution in [0.15, 0.2) is 18.9 Å². The molecular weight excluding hydrogens is 218 g/mol. The van der Waals surface area contributed by atoms with E-state index < -0.39 is 0 Å². The van der Waals surface area contributed by atoms with Crippen molar-refractivity contribution < 1.29 is 5.11 Å². The Labute approximate surface area is 98.7 Å². The van der Waals surface area contributed by atoms with E-state index in [0.717, 1.165) is 36.8 Å². The van der Waals surface area contributed by atoms with Gasteiger partial charge < -0.3 is 10.5 Å². The summed E-state index contributed by atoms with van der Waals surface area (Å²) in [6.07, 6.45) is 8.54. The van der Waals surface area contributed by atoms with Crippen LogP contribution in [0.2, 0.25) is 0 Å². The van der Waals surface area contributed by atoms with Crippen molar-refractivity contribution in [2.45, 2.75) is 37.8 Å². The summed E-state index contributed by atoms with van der Waals surface area (Å²) in [7, 11) is 0. The van der Waals surface area contributed by atoms with E-state index in [1.807, 2.05) is 4.68 Å². The molecule has 0 amide bonds. The van der Waals surface area contributed by atoms with Crippen LogP contribution in [0.1, 0.15) is 25.7 Å². The standard InChI is InChI=1S/C11H15N5O/c17-9-3-1-2-8(4-9)15-16-7-14-10-5-12-6-13-11(10)16/h5-9,15,17H,1-4H2. The van der Waals surface area contributed by atoms with E-state index in [2.05, 4.69) is 20.4 Å². The number of nitrogens with one attached hydrogen (secondary N) is 1. The fourth-order valence-electron chi connectivity index (χ4n) is 2.34. The van der Waals surface area contributed by atoms with Gasteiger partial charge in [0.25, 0.3) is 0 Å². The van der Waals surface area contributed by atoms with Crippen LogP contribution in [0.4, 0.5) is 0 Å². The molecule has 90 valence electrons. The summed E-state index contributed by atoms with van der Waals surface area (Å²) in [6, 6.07) is 0.283. The second-order valence-corrected chi connectivity index (χ2v) is 4.49. The highest BCUT2D eigenvalue weighted by atomic mass is 16.3. The highest BCUT2D eigenvalue weighted by Crippen LogP contribution is 2.19. The molecule has 0 aliphatic heterocycles. The second kappa shape index (κ2) is 4.29. The zero-order chi connectivity index (χ0) is 11.7. The topological polar surface area (TPSA) is 75.9 Å². The Morgan fingerprint density at radius 1 is 1.35 bits per heavy atom. The first kappa shape index (κ1) is 10.5. The molecule has 1 aliphatic carbocycles. The number of rotatable bonds is 2. The Morgan fingerprint density at radius 2 is 2.29 bits per heavy atom. The highest BCUT2D eigenvalue weighted by Gasteiger charge is 2.20. The molecule has 2 aromatic rings. The van der Waals surface area contributed by atoms with Gasteiger partial charge in [-0.1, -0.05) is 0 Å². The molecule has 2 N–H and O–H groups in total. The molecule has 6 heteroatoms. The molecule has 2 unspecified atom stereocenters. The molecule has 3 rings (SSSR count). The van der Waals surface area contributed by atoms with Gasteiger partial charge in [0, 0.05) is 6.04 Å². The summed E-state index contributed by atoms with van der Waals surface area (Å²) in [4.78, 5) is 12.3. The molecule has 1 aliphatic rings. The first-order valence-corrected chi connectivity index (χ1v) is 5.90. The quantitative estimate of drug-likeness (QED) is 0.797. The first-order valence-electron chi connectivity index (χ1n) is 5.90. The predicted octanol–water partition coefficient (Wildman–Crippen LogP) is 0.673. The van der Waals surface area contributed by atoms with Gasteiger partial charge in [-0.25, -0.2) is 19.6 Å². The van der Waals surface area contributed by atoms with Crippen molar-refractivity contribution in [3.63, 3.8) is 0 Å². The van der Waals surface area contributed by atoms with E-state index in [1.165, 1.54) is 6.33 Å². The predicted molar refractivity (Wildman–Crippen MR) is 62.9 cm³/mol. The number of fused-ring (bicyclic) bond motifs is 1. The largest absolute Gasteiger partial charge is 0.393 e. The molecule has 1 saturated carbocycles. The summed E-state index contributed by atoms with van der Waals surface area (Å²) in [5.74, 6) is 0. The van der Waals surface area contributed by atoms with Gasteiger partial charge in [-0.3, -0.25) is 0 Å². The third-order valence-corrected chi connectivity index (χ3v) is 3.18. The molecule has 2 atom stereocenters. The average molecular weight is 233 g/mol. The number of aliphatic hydroxyl groups excluding tert-OH is 1. The van der Waals surface area contributed by atoms with Gasteiger partial charge in [-0.05, 0) is 25.7 Å². The number of hydrogen-bond donors (Lipinski definition) is 2. The van der Waals surface area contributed by atoms with Gasteiger partial charge >= 0.3 is 0 Å². The van der Waals surface area contributed by atoms with Crippen molar-refractivity contribution in [1.82, 2.24) is 19.6 Å². The van der Waals surface area contributed by atoms with Crippen LogP contribution in [0.25, 0.3) is 11.2 Å². The molecule has 2 aromatic heterocycles. The van der Waals surface area contributed by atoms with Crippen LogP contribution in [-0.2, 0) is 0 Å². The lowest BCUT2D eigenvalue weighted by Gasteiger charge is -2.27. The van der Waals surface area contributed by atoms with Gasteiger partial charge in [0.2, 0.25) is 0 Å². The maximum Gasteiger partial charge on any atom is 0.181 e. The summed E-state index contributed by atoms with van der Waals surface area (Å²) in [6.45, 7) is 0. The number of imidazole rings is 1. The van der Waals surface area contributed by atoms with Crippen molar-refractivity contribution in [2.75, 3.05) is 5.43 Å². The van der Waals surface area contributed by atoms with Crippen LogP contribution < -0.4 is 5.43 Å². The Bertz CT molecular complexity index is 511. The van der Waals surface area contributed by atoms with Crippen LogP contribution in [0.5, 0.6) is 0 Å². The smallest absolute Gasteiger partial charge is 0.181 e. The number of aromatic nitrogens is 4. The van der Waals surface area contributed by atoms with Gasteiger partial charge in [0.1, 0.15) is 18.2 Å². The van der Waals surface area contributed by atoms with Gasteiger partial charge in [0.05, 0.1) is 12.3 Å². The number of hydrogen-bond acceptors (Lipinski definition) is 5. The Morgan fingerprint density at radius 3 is 3.18 bits per heavy atom. The summed E-state index contributed by atoms with van der Waals surface area (Å²) in [5.41, 5.74) is 4.89. The normalized spacial score (nSPS) is 25.0. The zero-order valence-corrected chi connectivity index (χ0v) is 9.45. The van der Waals surface area contributed by atoms with Gasteiger partial charge in [-0.2, -0.15) is 0 Å². The first-order chi connectivity index (χ1) is 8.33. The van der Waals surface area contributed by atoms with Crippen LogP contribution in [0.3, 0.4) is 0 Å². The molecule has 17 heavy (non-hydrogen) atoms. The lowest BCUT2D eigenvalue weighted by atomic mass is 9.93. The fraction of sp³-hybridized carbons (Fsp3) is 0.545. The van der Waals surface area contributed by atoms with E-state index in [4.69, 9.17) is 0 Å². The second-order valence-electron chi connectivity index (χ2n) is 4.49. The molecule has 1 fully saturated rings. The molecule has 0 radical (unpaired) electrons. The third-order valence-electron chi connectivity index (χ3n) is 3.18. The van der Waals surface area contributed by atoms with E-state index >= 15 is 0 Å². The number of nitrogens with zero attached hydrogens (tertiary/aromatic N) is 4. The minimum atomic E-state index is -0.189. The van der Waals surface area contributed by atoms with Crippen molar-refractivity contribution in [2.24, 2.45) is 0 Å². The van der Waals surface area contributed by atoms with Crippen LogP contribution in [-0.4, -0.2) is 36.9 Å². The maximum absolute atomic E-state index is 9.63. The fourth-order valence-corrected chi connectivity index (χ4v) is 2.34. The Hall–Kier alpha value is -1.69. The molecule has 0 bridgehead atoms. The molecule has 2 heterocycles. The Kier molecular flexibility index (Phi) is 2.64. The monoisotopic (exact) mass is 233 g/mol. The lowest BCUT2D eigenvalue weighted by Crippen LogP contribution is -2.34. The summed E-state index contributed by atoms with van der Waals surface area (Å²) < 4.78 is 1.82. The minimum Gasteiger partial charge on any atom is -0.393 e. The molecule has 6 nitrogen and oxygen atoms in total. The van der Waals surface area contributed by atoms with E-state index in [1.54, 1.807) is 12.5 Å². The van der Waals surface area contributed by atoms with E-state index in [9.17, 15) is 5.11 Å². The van der Waals surface area contributed by atoms with Crippen LogP contribution in [0, 0.1) is 0 Å². The lowest BCUT2D eigenvalue weighted by molar-refractivity contribution is 0.122. The molecule has 0 saturated heterocycles. The summed E-state index contributed by atoms with van der Waals surface area (Å²) >= 11 is 0. The average Bonchev–Trinajstić information content (AvgIpc) is 2.73. The minimum absolute atomic E-state index is 0.189. The molecule has 0 spiro atoms. The summed E-state index contributed by atoms with van der Waals surface area (Å²) in [5, 5.41) is 9.63. The molecular formula is C11H15N5O. The third kappa shape index (κ3) is 2.08. The number of aliphatic hydroxyl groups is 1. The zero-order valence-electron chi connectivity index (χ0n) is 9.45. The van der Waals surface area contributed by atoms with Crippen LogP contribution >= 0.6 is 0 Å². The highest BCUT2D eigenvalue weighted by molar-refractivity contribution is 5.69. The van der Waals surface area contributed by atoms with E-state index in [-0.39, 0.29) is 12.1 Å². The Balaban J connectivity index is 1.80.